The van der Waals surface area contributed by atoms with Gasteiger partial charge >= 0.3 is 6.18 Å². The van der Waals surface area contributed by atoms with Crippen molar-refractivity contribution in [2.45, 2.75) is 23.9 Å². The molecular weight excluding hydrogens is 387 g/mol. The molecule has 0 spiro atoms. The van der Waals surface area contributed by atoms with Gasteiger partial charge in [-0.3, -0.25) is 0 Å². The Bertz CT molecular complexity index is 1170. The standard InChI is InChI=1S/C20H16F3N3OS/c1-12-5-6-26-10-13(24-18(26)7-12)11-28-19-9-16(20(21,22)23)15-4-3-14(27-2)8-17(15)25-19/h3-10H,11H2,1-2H3. The molecule has 0 aliphatic rings. The van der Waals surface area contributed by atoms with Crippen LogP contribution in [0, 0.1) is 6.92 Å². The minimum atomic E-state index is -4.47. The molecule has 0 radical (unpaired) electrons. The fraction of sp³-hybridized carbons (Fsp3) is 0.200. The van der Waals surface area contributed by atoms with Crippen molar-refractivity contribution in [3.8, 4) is 5.75 Å². The van der Waals surface area contributed by atoms with Crippen LogP contribution in [0.5, 0.6) is 5.75 Å². The van der Waals surface area contributed by atoms with Crippen LogP contribution in [0.2, 0.25) is 0 Å². The van der Waals surface area contributed by atoms with E-state index in [1.54, 1.807) is 0 Å². The summed E-state index contributed by atoms with van der Waals surface area (Å²) in [6.07, 6.45) is -0.684. The molecule has 4 aromatic rings. The first-order chi connectivity index (χ1) is 13.3. The SMILES string of the molecule is COc1ccc2c(C(F)(F)F)cc(SCc3cn4ccc(C)cc4n3)nc2c1. The van der Waals surface area contributed by atoms with Crippen molar-refractivity contribution in [3.05, 3.63) is 65.6 Å². The normalized spacial score (nSPS) is 12.0. The molecular formula is C20H16F3N3OS. The number of ether oxygens (including phenoxy) is 1. The minimum absolute atomic E-state index is 0.0563. The van der Waals surface area contributed by atoms with Gasteiger partial charge in [0.15, 0.2) is 0 Å². The quantitative estimate of drug-likeness (QED) is 0.421. The van der Waals surface area contributed by atoms with E-state index in [2.05, 4.69) is 9.97 Å². The van der Waals surface area contributed by atoms with Crippen LogP contribution in [-0.2, 0) is 11.9 Å². The molecule has 0 atom stereocenters. The Morgan fingerprint density at radius 1 is 1.11 bits per heavy atom. The lowest BCUT2D eigenvalue weighted by Gasteiger charge is -2.13. The number of imidazole rings is 1. The van der Waals surface area contributed by atoms with Gasteiger partial charge in [0.25, 0.3) is 0 Å². The average molecular weight is 403 g/mol. The van der Waals surface area contributed by atoms with Gasteiger partial charge in [0.1, 0.15) is 11.4 Å². The highest BCUT2D eigenvalue weighted by atomic mass is 32.2. The van der Waals surface area contributed by atoms with Gasteiger partial charge in [0, 0.05) is 29.6 Å². The predicted molar refractivity (Wildman–Crippen MR) is 103 cm³/mol. The predicted octanol–water partition coefficient (Wildman–Crippen LogP) is 5.51. The molecule has 3 heterocycles. The van der Waals surface area contributed by atoms with Gasteiger partial charge < -0.3 is 9.14 Å². The van der Waals surface area contributed by atoms with Crippen molar-refractivity contribution in [1.29, 1.82) is 0 Å². The maximum atomic E-state index is 13.5. The van der Waals surface area contributed by atoms with Gasteiger partial charge in [-0.2, -0.15) is 13.2 Å². The summed E-state index contributed by atoms with van der Waals surface area (Å²) >= 11 is 1.22. The van der Waals surface area contributed by atoms with E-state index in [9.17, 15) is 13.2 Å². The highest BCUT2D eigenvalue weighted by Gasteiger charge is 2.33. The number of methoxy groups -OCH3 is 1. The van der Waals surface area contributed by atoms with Gasteiger partial charge in [-0.1, -0.05) is 11.8 Å². The summed E-state index contributed by atoms with van der Waals surface area (Å²) in [5, 5.41) is 0.349. The number of alkyl halides is 3. The molecule has 0 N–H and O–H groups in total. The van der Waals surface area contributed by atoms with Crippen molar-refractivity contribution in [2.24, 2.45) is 0 Å². The second-order valence-electron chi connectivity index (χ2n) is 6.38. The summed E-state index contributed by atoms with van der Waals surface area (Å²) in [6, 6.07) is 9.44. The number of thioether (sulfide) groups is 1. The average Bonchev–Trinajstić information content (AvgIpc) is 3.06. The highest BCUT2D eigenvalue weighted by molar-refractivity contribution is 7.98. The van der Waals surface area contributed by atoms with E-state index in [4.69, 9.17) is 4.74 Å². The first kappa shape index (κ1) is 18.6. The van der Waals surface area contributed by atoms with E-state index in [0.29, 0.717) is 16.5 Å². The zero-order chi connectivity index (χ0) is 19.9. The zero-order valence-electron chi connectivity index (χ0n) is 15.1. The summed E-state index contributed by atoms with van der Waals surface area (Å²) in [5.74, 6) is 0.881. The second-order valence-corrected chi connectivity index (χ2v) is 7.37. The van der Waals surface area contributed by atoms with Gasteiger partial charge in [-0.15, -0.1) is 0 Å². The van der Waals surface area contributed by atoms with Gasteiger partial charge in [-0.25, -0.2) is 9.97 Å². The minimum Gasteiger partial charge on any atom is -0.497 e. The van der Waals surface area contributed by atoms with Crippen molar-refractivity contribution in [1.82, 2.24) is 14.4 Å². The lowest BCUT2D eigenvalue weighted by Crippen LogP contribution is -2.07. The molecule has 4 nitrogen and oxygen atoms in total. The number of aryl methyl sites for hydroxylation is 1. The second kappa shape index (κ2) is 7.01. The number of nitrogens with zero attached hydrogens (tertiary/aromatic N) is 3. The summed E-state index contributed by atoms with van der Waals surface area (Å²) in [7, 11) is 1.47. The Hall–Kier alpha value is -2.74. The fourth-order valence-corrected chi connectivity index (χ4v) is 3.77. The summed E-state index contributed by atoms with van der Waals surface area (Å²) < 4.78 is 47.6. The molecule has 0 bridgehead atoms. The molecule has 0 aliphatic heterocycles. The number of aromatic nitrogens is 3. The molecule has 8 heteroatoms. The molecule has 0 fully saturated rings. The first-order valence-corrected chi connectivity index (χ1v) is 9.45. The van der Waals surface area contributed by atoms with Crippen molar-refractivity contribution in [2.75, 3.05) is 7.11 Å². The highest BCUT2D eigenvalue weighted by Crippen LogP contribution is 2.38. The van der Waals surface area contributed by atoms with Crippen molar-refractivity contribution in [3.63, 3.8) is 0 Å². The van der Waals surface area contributed by atoms with Crippen molar-refractivity contribution >= 4 is 28.3 Å². The molecule has 1 aromatic carbocycles. The monoisotopic (exact) mass is 403 g/mol. The topological polar surface area (TPSA) is 39.4 Å². The Labute approximate surface area is 163 Å². The smallest absolute Gasteiger partial charge is 0.417 e. The maximum Gasteiger partial charge on any atom is 0.417 e. The van der Waals surface area contributed by atoms with Crippen LogP contribution < -0.4 is 4.74 Å². The van der Waals surface area contributed by atoms with Gasteiger partial charge in [0.05, 0.1) is 28.9 Å². The molecule has 3 aromatic heterocycles. The number of fused-ring (bicyclic) bond motifs is 2. The lowest BCUT2D eigenvalue weighted by atomic mass is 10.1. The van der Waals surface area contributed by atoms with E-state index in [1.165, 1.54) is 37.1 Å². The number of hydrogen-bond acceptors (Lipinski definition) is 4. The largest absolute Gasteiger partial charge is 0.497 e. The van der Waals surface area contributed by atoms with E-state index in [0.717, 1.165) is 23.0 Å². The number of hydrogen-bond donors (Lipinski definition) is 0. The van der Waals surface area contributed by atoms with E-state index in [-0.39, 0.29) is 10.9 Å². The first-order valence-electron chi connectivity index (χ1n) is 8.46. The fourth-order valence-electron chi connectivity index (χ4n) is 2.97. The van der Waals surface area contributed by atoms with E-state index < -0.39 is 11.7 Å². The Balaban J connectivity index is 1.68. The Morgan fingerprint density at radius 2 is 1.93 bits per heavy atom. The molecule has 0 saturated carbocycles. The third-order valence-corrected chi connectivity index (χ3v) is 5.28. The zero-order valence-corrected chi connectivity index (χ0v) is 15.9. The van der Waals surface area contributed by atoms with Crippen LogP contribution in [-0.4, -0.2) is 21.5 Å². The van der Waals surface area contributed by atoms with Crippen LogP contribution in [0.1, 0.15) is 16.8 Å². The van der Waals surface area contributed by atoms with Crippen molar-refractivity contribution < 1.29 is 17.9 Å². The molecule has 0 saturated heterocycles. The van der Waals surface area contributed by atoms with Crippen LogP contribution in [0.3, 0.4) is 0 Å². The summed E-state index contributed by atoms with van der Waals surface area (Å²) in [5.41, 5.74) is 2.23. The summed E-state index contributed by atoms with van der Waals surface area (Å²) in [4.78, 5) is 8.91. The van der Waals surface area contributed by atoms with E-state index in [1.807, 2.05) is 35.9 Å². The van der Waals surface area contributed by atoms with Gasteiger partial charge in [-0.05, 0) is 42.8 Å². The van der Waals surface area contributed by atoms with Crippen LogP contribution in [0.4, 0.5) is 13.2 Å². The molecule has 0 unspecified atom stereocenters. The van der Waals surface area contributed by atoms with Crippen LogP contribution >= 0.6 is 11.8 Å². The summed E-state index contributed by atoms with van der Waals surface area (Å²) in [6.45, 7) is 1.98. The third-order valence-electron chi connectivity index (χ3n) is 4.33. The molecule has 28 heavy (non-hydrogen) atoms. The van der Waals surface area contributed by atoms with Gasteiger partial charge in [0.2, 0.25) is 0 Å². The molecule has 144 valence electrons. The number of rotatable bonds is 4. The third kappa shape index (κ3) is 3.64. The molecule has 0 amide bonds. The molecule has 4 rings (SSSR count). The van der Waals surface area contributed by atoms with E-state index >= 15 is 0 Å². The van der Waals surface area contributed by atoms with Crippen LogP contribution in [0.15, 0.2) is 53.8 Å². The lowest BCUT2D eigenvalue weighted by molar-refractivity contribution is -0.136. The number of benzene rings is 1. The molecule has 0 aliphatic carbocycles. The Morgan fingerprint density at radius 3 is 2.68 bits per heavy atom. The Kier molecular flexibility index (Phi) is 4.66. The number of halogens is 3. The maximum absolute atomic E-state index is 13.5. The number of pyridine rings is 2. The van der Waals surface area contributed by atoms with Crippen LogP contribution in [0.25, 0.3) is 16.6 Å².